The Morgan fingerprint density at radius 3 is 2.35 bits per heavy atom. The van der Waals surface area contributed by atoms with Gasteiger partial charge in [-0.15, -0.1) is 0 Å². The van der Waals surface area contributed by atoms with E-state index in [1.807, 2.05) is 0 Å². The molecule has 0 saturated heterocycles. The van der Waals surface area contributed by atoms with E-state index in [1.165, 1.54) is 12.1 Å². The summed E-state index contributed by atoms with van der Waals surface area (Å²) >= 11 is 11.8. The Morgan fingerprint density at radius 1 is 1.10 bits per heavy atom. The Kier molecular flexibility index (Phi) is 4.63. The Labute approximate surface area is 126 Å². The zero-order valence-electron chi connectivity index (χ0n) is 10.6. The second-order valence-electron chi connectivity index (χ2n) is 4.04. The number of carbonyl (C=O) groups is 1. The zero-order valence-corrected chi connectivity index (χ0v) is 12.1. The monoisotopic (exact) mass is 312 g/mol. The minimum Gasteiger partial charge on any atom is -0.462 e. The molecular weight excluding hydrogens is 302 g/mol. The van der Waals surface area contributed by atoms with Crippen LogP contribution in [0, 0.1) is 5.82 Å². The summed E-state index contributed by atoms with van der Waals surface area (Å²) in [4.78, 5) is 11.5. The number of hydrogen-bond donors (Lipinski definition) is 0. The van der Waals surface area contributed by atoms with E-state index >= 15 is 0 Å². The lowest BCUT2D eigenvalue weighted by atomic mass is 10.0. The van der Waals surface area contributed by atoms with Gasteiger partial charge in [0.15, 0.2) is 0 Å². The van der Waals surface area contributed by atoms with Gasteiger partial charge < -0.3 is 4.74 Å². The topological polar surface area (TPSA) is 26.3 Å². The lowest BCUT2D eigenvalue weighted by molar-refractivity contribution is 0.0521. The summed E-state index contributed by atoms with van der Waals surface area (Å²) in [6.07, 6.45) is 0. The van der Waals surface area contributed by atoms with Crippen LogP contribution >= 0.6 is 23.2 Å². The number of benzene rings is 2. The molecule has 2 rings (SSSR count). The molecule has 0 spiro atoms. The molecular formula is C15H11Cl2FO2. The molecule has 2 nitrogen and oxygen atoms in total. The average molecular weight is 313 g/mol. The fraction of sp³-hybridized carbons (Fsp3) is 0.133. The highest BCUT2D eigenvalue weighted by molar-refractivity contribution is 6.42. The van der Waals surface area contributed by atoms with Gasteiger partial charge in [-0.1, -0.05) is 35.3 Å². The van der Waals surface area contributed by atoms with E-state index in [4.69, 9.17) is 27.9 Å². The van der Waals surface area contributed by atoms with Gasteiger partial charge in [-0.3, -0.25) is 0 Å². The molecule has 0 unspecified atom stereocenters. The number of esters is 1. The van der Waals surface area contributed by atoms with Crippen LogP contribution in [0.5, 0.6) is 0 Å². The highest BCUT2D eigenvalue weighted by atomic mass is 35.5. The van der Waals surface area contributed by atoms with Crippen LogP contribution in [0.25, 0.3) is 11.1 Å². The number of hydrogen-bond acceptors (Lipinski definition) is 2. The normalized spacial score (nSPS) is 10.4. The Bertz CT molecular complexity index is 656. The lowest BCUT2D eigenvalue weighted by Gasteiger charge is -2.07. The van der Waals surface area contributed by atoms with E-state index in [2.05, 4.69) is 0 Å². The van der Waals surface area contributed by atoms with Crippen molar-refractivity contribution in [1.82, 2.24) is 0 Å². The van der Waals surface area contributed by atoms with Crippen LogP contribution in [0.4, 0.5) is 4.39 Å². The third kappa shape index (κ3) is 3.11. The summed E-state index contributed by atoms with van der Waals surface area (Å²) in [6.45, 7) is 1.87. The minimum absolute atomic E-state index is 0.0874. The first-order chi connectivity index (χ1) is 9.52. The maximum absolute atomic E-state index is 13.9. The summed E-state index contributed by atoms with van der Waals surface area (Å²) < 4.78 is 18.7. The van der Waals surface area contributed by atoms with Gasteiger partial charge in [-0.2, -0.15) is 0 Å². The van der Waals surface area contributed by atoms with Crippen molar-refractivity contribution in [3.05, 3.63) is 57.8 Å². The smallest absolute Gasteiger partial charge is 0.341 e. The van der Waals surface area contributed by atoms with Crippen molar-refractivity contribution >= 4 is 29.2 Å². The second kappa shape index (κ2) is 6.25. The molecule has 2 aromatic rings. The standard InChI is InChI=1S/C15H11Cl2FO2/c1-2-20-15(19)11-5-3-10(8-14(11)18)9-4-6-12(16)13(17)7-9/h3-8H,2H2,1H3. The first-order valence-electron chi connectivity index (χ1n) is 5.95. The van der Waals surface area contributed by atoms with E-state index in [1.54, 1.807) is 31.2 Å². The van der Waals surface area contributed by atoms with Crippen LogP contribution in [-0.4, -0.2) is 12.6 Å². The van der Waals surface area contributed by atoms with E-state index in [-0.39, 0.29) is 12.2 Å². The van der Waals surface area contributed by atoms with Crippen molar-refractivity contribution in [3.63, 3.8) is 0 Å². The molecule has 0 aromatic heterocycles. The van der Waals surface area contributed by atoms with Crippen LogP contribution in [0.15, 0.2) is 36.4 Å². The van der Waals surface area contributed by atoms with E-state index in [0.717, 1.165) is 0 Å². The van der Waals surface area contributed by atoms with E-state index in [9.17, 15) is 9.18 Å². The van der Waals surface area contributed by atoms with Gasteiger partial charge >= 0.3 is 5.97 Å². The number of rotatable bonds is 3. The highest BCUT2D eigenvalue weighted by Crippen LogP contribution is 2.29. The molecule has 0 heterocycles. The van der Waals surface area contributed by atoms with Gasteiger partial charge in [-0.25, -0.2) is 9.18 Å². The molecule has 0 aliphatic carbocycles. The third-order valence-electron chi connectivity index (χ3n) is 2.72. The largest absolute Gasteiger partial charge is 0.462 e. The van der Waals surface area contributed by atoms with Crippen molar-refractivity contribution in [1.29, 1.82) is 0 Å². The fourth-order valence-corrected chi connectivity index (χ4v) is 2.04. The van der Waals surface area contributed by atoms with Crippen molar-refractivity contribution < 1.29 is 13.9 Å². The maximum atomic E-state index is 13.9. The van der Waals surface area contributed by atoms with Crippen LogP contribution in [-0.2, 0) is 4.74 Å². The van der Waals surface area contributed by atoms with Gasteiger partial charge in [0, 0.05) is 0 Å². The summed E-state index contributed by atoms with van der Waals surface area (Å²) in [5.41, 5.74) is 1.23. The molecule has 2 aromatic carbocycles. The molecule has 0 saturated carbocycles. The van der Waals surface area contributed by atoms with Crippen LogP contribution < -0.4 is 0 Å². The van der Waals surface area contributed by atoms with Gasteiger partial charge in [-0.05, 0) is 42.3 Å². The molecule has 20 heavy (non-hydrogen) atoms. The predicted octanol–water partition coefficient (Wildman–Crippen LogP) is 4.98. The van der Waals surface area contributed by atoms with Gasteiger partial charge in [0.1, 0.15) is 5.82 Å². The molecule has 0 bridgehead atoms. The first kappa shape index (κ1) is 14.8. The third-order valence-corrected chi connectivity index (χ3v) is 3.46. The molecule has 0 amide bonds. The molecule has 104 valence electrons. The Balaban J connectivity index is 2.37. The molecule has 0 aliphatic rings. The maximum Gasteiger partial charge on any atom is 0.341 e. The number of halogens is 3. The van der Waals surface area contributed by atoms with Gasteiger partial charge in [0.05, 0.1) is 22.2 Å². The van der Waals surface area contributed by atoms with Crippen molar-refractivity contribution in [2.45, 2.75) is 6.92 Å². The average Bonchev–Trinajstić information content (AvgIpc) is 2.42. The first-order valence-corrected chi connectivity index (χ1v) is 6.70. The van der Waals surface area contributed by atoms with Gasteiger partial charge in [0.2, 0.25) is 0 Å². The second-order valence-corrected chi connectivity index (χ2v) is 4.86. The van der Waals surface area contributed by atoms with Gasteiger partial charge in [0.25, 0.3) is 0 Å². The van der Waals surface area contributed by atoms with E-state index < -0.39 is 11.8 Å². The SMILES string of the molecule is CCOC(=O)c1ccc(-c2ccc(Cl)c(Cl)c2)cc1F. The summed E-state index contributed by atoms with van der Waals surface area (Å²) in [5.74, 6) is -1.31. The molecule has 0 radical (unpaired) electrons. The summed E-state index contributed by atoms with van der Waals surface area (Å²) in [5, 5.41) is 0.818. The highest BCUT2D eigenvalue weighted by Gasteiger charge is 2.14. The zero-order chi connectivity index (χ0) is 14.7. The Hall–Kier alpha value is -1.58. The van der Waals surface area contributed by atoms with Crippen molar-refractivity contribution in [2.75, 3.05) is 6.61 Å². The Morgan fingerprint density at radius 2 is 1.75 bits per heavy atom. The van der Waals surface area contributed by atoms with Crippen molar-refractivity contribution in [2.24, 2.45) is 0 Å². The lowest BCUT2D eigenvalue weighted by Crippen LogP contribution is -2.07. The molecule has 0 aliphatic heterocycles. The predicted molar refractivity (Wildman–Crippen MR) is 77.8 cm³/mol. The molecule has 0 fully saturated rings. The van der Waals surface area contributed by atoms with Crippen LogP contribution in [0.3, 0.4) is 0 Å². The van der Waals surface area contributed by atoms with Crippen LogP contribution in [0.2, 0.25) is 10.0 Å². The summed E-state index contributed by atoms with van der Waals surface area (Å²) in [7, 11) is 0. The molecule has 0 atom stereocenters. The molecule has 0 N–H and O–H groups in total. The number of ether oxygens (including phenoxy) is 1. The number of carbonyl (C=O) groups excluding carboxylic acids is 1. The van der Waals surface area contributed by atoms with Crippen LogP contribution in [0.1, 0.15) is 17.3 Å². The minimum atomic E-state index is -0.675. The molecule has 5 heteroatoms. The quantitative estimate of drug-likeness (QED) is 0.747. The fourth-order valence-electron chi connectivity index (χ4n) is 1.74. The summed E-state index contributed by atoms with van der Waals surface area (Å²) in [6, 6.07) is 9.30. The van der Waals surface area contributed by atoms with Crippen molar-refractivity contribution in [3.8, 4) is 11.1 Å². The van der Waals surface area contributed by atoms with E-state index in [0.29, 0.717) is 21.2 Å².